The summed E-state index contributed by atoms with van der Waals surface area (Å²) in [6.07, 6.45) is 3.17. The van der Waals surface area contributed by atoms with Crippen LogP contribution in [0.2, 0.25) is 0 Å². The van der Waals surface area contributed by atoms with Crippen molar-refractivity contribution < 1.29 is 17.9 Å². The number of sulfonamides is 1. The number of ether oxygens (including phenoxy) is 1. The molecule has 0 aromatic heterocycles. The van der Waals surface area contributed by atoms with Gasteiger partial charge in [0.2, 0.25) is 10.0 Å². The first-order valence-electron chi connectivity index (χ1n) is 9.00. The lowest BCUT2D eigenvalue weighted by atomic mass is 9.93. The SMILES string of the molecule is CNCCC1CCN(C(=O)c2ccc(S(=O)(=O)NCCOC)cc2)CC1. The zero-order chi connectivity index (χ0) is 19.0. The number of nitrogens with one attached hydrogen (secondary N) is 2. The summed E-state index contributed by atoms with van der Waals surface area (Å²) in [5.41, 5.74) is 0.523. The van der Waals surface area contributed by atoms with Crippen LogP contribution in [-0.4, -0.2) is 66.2 Å². The molecule has 1 aliphatic heterocycles. The van der Waals surface area contributed by atoms with E-state index in [4.69, 9.17) is 4.74 Å². The van der Waals surface area contributed by atoms with Gasteiger partial charge in [0, 0.05) is 32.3 Å². The van der Waals surface area contributed by atoms with Gasteiger partial charge in [-0.1, -0.05) is 0 Å². The van der Waals surface area contributed by atoms with Crippen molar-refractivity contribution in [2.24, 2.45) is 5.92 Å². The van der Waals surface area contributed by atoms with Crippen molar-refractivity contribution in [1.82, 2.24) is 14.9 Å². The van der Waals surface area contributed by atoms with Gasteiger partial charge >= 0.3 is 0 Å². The van der Waals surface area contributed by atoms with Gasteiger partial charge in [-0.2, -0.15) is 0 Å². The zero-order valence-corrected chi connectivity index (χ0v) is 16.3. The minimum absolute atomic E-state index is 0.0339. The lowest BCUT2D eigenvalue weighted by Crippen LogP contribution is -2.39. The number of piperidine rings is 1. The van der Waals surface area contributed by atoms with E-state index < -0.39 is 10.0 Å². The van der Waals surface area contributed by atoms with Crippen molar-refractivity contribution >= 4 is 15.9 Å². The molecule has 2 N–H and O–H groups in total. The van der Waals surface area contributed by atoms with Crippen LogP contribution in [0.5, 0.6) is 0 Å². The van der Waals surface area contributed by atoms with Crippen LogP contribution in [0.15, 0.2) is 29.2 Å². The summed E-state index contributed by atoms with van der Waals surface area (Å²) in [5, 5.41) is 3.17. The Balaban J connectivity index is 1.93. The second kappa shape index (κ2) is 10.0. The normalized spacial score (nSPS) is 16.0. The van der Waals surface area contributed by atoms with Gasteiger partial charge in [0.15, 0.2) is 0 Å². The number of nitrogens with zero attached hydrogens (tertiary/aromatic N) is 1. The Kier molecular flexibility index (Phi) is 8.02. The van der Waals surface area contributed by atoms with E-state index in [1.807, 2.05) is 11.9 Å². The van der Waals surface area contributed by atoms with Gasteiger partial charge in [-0.25, -0.2) is 13.1 Å². The highest BCUT2D eigenvalue weighted by atomic mass is 32.2. The highest BCUT2D eigenvalue weighted by Gasteiger charge is 2.23. The first-order valence-corrected chi connectivity index (χ1v) is 10.5. The van der Waals surface area contributed by atoms with Gasteiger partial charge in [-0.05, 0) is 63.0 Å². The standard InChI is InChI=1S/C18H29N3O4S/c1-19-10-7-15-8-12-21(13-9-15)18(22)16-3-5-17(6-4-16)26(23,24)20-11-14-25-2/h3-6,15,19-20H,7-14H2,1-2H3. The maximum absolute atomic E-state index is 12.6. The number of rotatable bonds is 9. The van der Waals surface area contributed by atoms with E-state index in [1.165, 1.54) is 19.2 Å². The van der Waals surface area contributed by atoms with Crippen molar-refractivity contribution in [3.05, 3.63) is 29.8 Å². The van der Waals surface area contributed by atoms with Crippen molar-refractivity contribution in [2.75, 3.05) is 46.9 Å². The highest BCUT2D eigenvalue weighted by molar-refractivity contribution is 7.89. The van der Waals surface area contributed by atoms with Gasteiger partial charge in [0.05, 0.1) is 11.5 Å². The molecule has 1 aromatic rings. The maximum atomic E-state index is 12.6. The Morgan fingerprint density at radius 2 is 1.85 bits per heavy atom. The number of methoxy groups -OCH3 is 1. The molecule has 0 unspecified atom stereocenters. The Labute approximate surface area is 156 Å². The first-order chi connectivity index (χ1) is 12.5. The van der Waals surface area contributed by atoms with Crippen molar-refractivity contribution in [3.8, 4) is 0 Å². The molecule has 1 aromatic carbocycles. The molecule has 146 valence electrons. The maximum Gasteiger partial charge on any atom is 0.253 e. The van der Waals surface area contributed by atoms with E-state index >= 15 is 0 Å². The third-order valence-electron chi connectivity index (χ3n) is 4.71. The summed E-state index contributed by atoms with van der Waals surface area (Å²) >= 11 is 0. The quantitative estimate of drug-likeness (QED) is 0.623. The van der Waals surface area contributed by atoms with Crippen LogP contribution in [0.3, 0.4) is 0 Å². The van der Waals surface area contributed by atoms with Crippen LogP contribution in [0.1, 0.15) is 29.6 Å². The molecular formula is C18H29N3O4S. The summed E-state index contributed by atoms with van der Waals surface area (Å²) in [6.45, 7) is 3.03. The minimum Gasteiger partial charge on any atom is -0.383 e. The second-order valence-corrected chi connectivity index (χ2v) is 8.31. The van der Waals surface area contributed by atoms with E-state index in [0.717, 1.165) is 38.9 Å². The number of amides is 1. The molecule has 0 spiro atoms. The number of carbonyl (C=O) groups excluding carboxylic acids is 1. The van der Waals surface area contributed by atoms with Crippen molar-refractivity contribution in [1.29, 1.82) is 0 Å². The molecule has 26 heavy (non-hydrogen) atoms. The van der Waals surface area contributed by atoms with Crippen molar-refractivity contribution in [3.63, 3.8) is 0 Å². The number of benzene rings is 1. The van der Waals surface area contributed by atoms with Gasteiger partial charge in [-0.3, -0.25) is 4.79 Å². The van der Waals surface area contributed by atoms with Crippen LogP contribution in [-0.2, 0) is 14.8 Å². The third kappa shape index (κ3) is 5.77. The molecule has 0 radical (unpaired) electrons. The summed E-state index contributed by atoms with van der Waals surface area (Å²) in [6, 6.07) is 6.12. The largest absolute Gasteiger partial charge is 0.383 e. The lowest BCUT2D eigenvalue weighted by Gasteiger charge is -2.32. The van der Waals surface area contributed by atoms with Gasteiger partial charge < -0.3 is 15.0 Å². The third-order valence-corrected chi connectivity index (χ3v) is 6.19. The molecular weight excluding hydrogens is 354 g/mol. The van der Waals surface area contributed by atoms with E-state index in [0.29, 0.717) is 18.1 Å². The van der Waals surface area contributed by atoms with Gasteiger partial charge in [0.25, 0.3) is 5.91 Å². The highest BCUT2D eigenvalue weighted by Crippen LogP contribution is 2.22. The molecule has 0 atom stereocenters. The predicted octanol–water partition coefficient (Wildman–Crippen LogP) is 1.07. The van der Waals surface area contributed by atoms with Crippen LogP contribution in [0.25, 0.3) is 0 Å². The van der Waals surface area contributed by atoms with E-state index in [9.17, 15) is 13.2 Å². The smallest absolute Gasteiger partial charge is 0.253 e. The number of hydrogen-bond donors (Lipinski definition) is 2. The molecule has 1 aliphatic rings. The molecule has 8 heteroatoms. The summed E-state index contributed by atoms with van der Waals surface area (Å²) in [5.74, 6) is 0.630. The second-order valence-electron chi connectivity index (χ2n) is 6.54. The number of carbonyl (C=O) groups is 1. The average Bonchev–Trinajstić information content (AvgIpc) is 2.66. The number of likely N-dealkylation sites (tertiary alicyclic amines) is 1. The topological polar surface area (TPSA) is 87.7 Å². The lowest BCUT2D eigenvalue weighted by molar-refractivity contribution is 0.0687. The summed E-state index contributed by atoms with van der Waals surface area (Å²) < 4.78 is 31.6. The average molecular weight is 384 g/mol. The van der Waals surface area contributed by atoms with Gasteiger partial charge in [0.1, 0.15) is 0 Å². The molecule has 0 bridgehead atoms. The van der Waals surface area contributed by atoms with Crippen molar-refractivity contribution in [2.45, 2.75) is 24.2 Å². The van der Waals surface area contributed by atoms with Crippen LogP contribution in [0, 0.1) is 5.92 Å². The molecule has 1 heterocycles. The van der Waals surface area contributed by atoms with Crippen LogP contribution in [0.4, 0.5) is 0 Å². The molecule has 1 amide bonds. The minimum atomic E-state index is -3.58. The summed E-state index contributed by atoms with van der Waals surface area (Å²) in [4.78, 5) is 14.6. The number of hydrogen-bond acceptors (Lipinski definition) is 5. The molecule has 0 saturated carbocycles. The van der Waals surface area contributed by atoms with E-state index in [2.05, 4.69) is 10.0 Å². The van der Waals surface area contributed by atoms with E-state index in [1.54, 1.807) is 12.1 Å². The van der Waals surface area contributed by atoms with Gasteiger partial charge in [-0.15, -0.1) is 0 Å². The van der Waals surface area contributed by atoms with E-state index in [-0.39, 0.29) is 17.3 Å². The zero-order valence-electron chi connectivity index (χ0n) is 15.5. The van der Waals surface area contributed by atoms with Crippen LogP contribution < -0.4 is 10.0 Å². The fraction of sp³-hybridized carbons (Fsp3) is 0.611. The first kappa shape index (κ1) is 20.8. The fourth-order valence-electron chi connectivity index (χ4n) is 3.09. The Bertz CT molecular complexity index is 668. The Hall–Kier alpha value is -1.48. The molecule has 2 rings (SSSR count). The van der Waals surface area contributed by atoms with Crippen LogP contribution >= 0.6 is 0 Å². The molecule has 7 nitrogen and oxygen atoms in total. The Morgan fingerprint density at radius 1 is 1.19 bits per heavy atom. The monoisotopic (exact) mass is 383 g/mol. The Morgan fingerprint density at radius 3 is 2.42 bits per heavy atom. The molecule has 0 aliphatic carbocycles. The predicted molar refractivity (Wildman–Crippen MR) is 101 cm³/mol. The fourth-order valence-corrected chi connectivity index (χ4v) is 4.11. The molecule has 1 fully saturated rings. The molecule has 1 saturated heterocycles. The summed E-state index contributed by atoms with van der Waals surface area (Å²) in [7, 11) is -0.111.